The summed E-state index contributed by atoms with van der Waals surface area (Å²) in [5, 5.41) is 14.5. The SMILES string of the molecule is Clc1nn2ncnc2c2c(-c3ccccc3)nn(Cc3ccccc3)c12. The Morgan fingerprint density at radius 2 is 1.62 bits per heavy atom. The van der Waals surface area contributed by atoms with Crippen molar-refractivity contribution >= 4 is 28.2 Å². The van der Waals surface area contributed by atoms with Crippen molar-refractivity contribution in [2.75, 3.05) is 0 Å². The zero-order chi connectivity index (χ0) is 17.5. The first-order valence-corrected chi connectivity index (χ1v) is 8.54. The van der Waals surface area contributed by atoms with Crippen LogP contribution in [0.2, 0.25) is 5.15 Å². The third-order valence-corrected chi connectivity index (χ3v) is 4.56. The monoisotopic (exact) mass is 360 g/mol. The van der Waals surface area contributed by atoms with Crippen molar-refractivity contribution < 1.29 is 0 Å². The predicted octanol–water partition coefficient (Wildman–Crippen LogP) is 3.84. The maximum Gasteiger partial charge on any atom is 0.187 e. The van der Waals surface area contributed by atoms with Crippen LogP contribution in [0.1, 0.15) is 5.56 Å². The van der Waals surface area contributed by atoms with Gasteiger partial charge in [0.25, 0.3) is 0 Å². The number of rotatable bonds is 3. The summed E-state index contributed by atoms with van der Waals surface area (Å²) in [6.45, 7) is 0.593. The van der Waals surface area contributed by atoms with Crippen LogP contribution in [0.3, 0.4) is 0 Å². The van der Waals surface area contributed by atoms with E-state index in [0.717, 1.165) is 27.7 Å². The smallest absolute Gasteiger partial charge is 0.187 e. The van der Waals surface area contributed by atoms with E-state index in [1.54, 1.807) is 0 Å². The first-order chi connectivity index (χ1) is 12.8. The summed E-state index contributed by atoms with van der Waals surface area (Å²) in [6.07, 6.45) is 1.47. The van der Waals surface area contributed by atoms with Crippen molar-refractivity contribution in [3.8, 4) is 11.3 Å². The number of halogens is 1. The summed E-state index contributed by atoms with van der Waals surface area (Å²) in [5.41, 5.74) is 4.35. The molecule has 0 atom stereocenters. The minimum absolute atomic E-state index is 0.351. The lowest BCUT2D eigenvalue weighted by atomic mass is 10.1. The molecule has 26 heavy (non-hydrogen) atoms. The maximum absolute atomic E-state index is 6.50. The summed E-state index contributed by atoms with van der Waals surface area (Å²) in [5.74, 6) is 0. The van der Waals surface area contributed by atoms with E-state index in [0.29, 0.717) is 17.3 Å². The average molecular weight is 361 g/mol. The molecule has 5 aromatic rings. The average Bonchev–Trinajstić information content (AvgIpc) is 3.28. The molecule has 0 N–H and O–H groups in total. The molecule has 0 aliphatic carbocycles. The van der Waals surface area contributed by atoms with Crippen LogP contribution in [-0.4, -0.2) is 29.6 Å². The van der Waals surface area contributed by atoms with Crippen LogP contribution in [0.5, 0.6) is 0 Å². The summed E-state index contributed by atoms with van der Waals surface area (Å²) < 4.78 is 3.34. The molecule has 0 fully saturated rings. The lowest BCUT2D eigenvalue weighted by Gasteiger charge is -2.04. The standard InChI is InChI=1S/C19H13ClN6/c20-18-17-15(19-21-12-22-26(19)24-18)16(14-9-5-2-6-10-14)23-25(17)11-13-7-3-1-4-8-13/h1-10,12H,11H2. The number of aromatic nitrogens is 6. The summed E-state index contributed by atoms with van der Waals surface area (Å²) in [6, 6.07) is 20.1. The molecular formula is C19H13ClN6. The van der Waals surface area contributed by atoms with E-state index in [9.17, 15) is 0 Å². The largest absolute Gasteiger partial charge is 0.256 e. The number of benzene rings is 2. The van der Waals surface area contributed by atoms with Crippen molar-refractivity contribution in [2.45, 2.75) is 6.54 Å². The minimum atomic E-state index is 0.351. The molecule has 0 bridgehead atoms. The third kappa shape index (κ3) is 2.34. The van der Waals surface area contributed by atoms with Gasteiger partial charge in [0.2, 0.25) is 0 Å². The van der Waals surface area contributed by atoms with Gasteiger partial charge in [-0.15, -0.1) is 14.8 Å². The van der Waals surface area contributed by atoms with Gasteiger partial charge in [-0.25, -0.2) is 4.98 Å². The molecule has 0 aliphatic rings. The molecule has 5 rings (SSSR count). The molecule has 3 aromatic heterocycles. The van der Waals surface area contributed by atoms with E-state index in [1.165, 1.54) is 11.0 Å². The number of fused-ring (bicyclic) bond motifs is 3. The summed E-state index contributed by atoms with van der Waals surface area (Å²) in [7, 11) is 0. The fraction of sp³-hybridized carbons (Fsp3) is 0.0526. The normalized spacial score (nSPS) is 11.4. The molecule has 7 heteroatoms. The molecule has 0 amide bonds. The predicted molar refractivity (Wildman–Crippen MR) is 100 cm³/mol. The quantitative estimate of drug-likeness (QED) is 0.490. The molecule has 0 saturated heterocycles. The second kappa shape index (κ2) is 5.93. The Kier molecular flexibility index (Phi) is 3.43. The lowest BCUT2D eigenvalue weighted by molar-refractivity contribution is 0.710. The van der Waals surface area contributed by atoms with Crippen molar-refractivity contribution in [1.82, 2.24) is 29.6 Å². The van der Waals surface area contributed by atoms with Gasteiger partial charge in [0.1, 0.15) is 17.5 Å². The Hall–Kier alpha value is -3.25. The lowest BCUT2D eigenvalue weighted by Crippen LogP contribution is -2.03. The van der Waals surface area contributed by atoms with E-state index in [1.807, 2.05) is 53.2 Å². The molecule has 126 valence electrons. The molecule has 0 spiro atoms. The Bertz CT molecular complexity index is 1210. The van der Waals surface area contributed by atoms with Gasteiger partial charge in [0, 0.05) is 5.56 Å². The highest BCUT2D eigenvalue weighted by Gasteiger charge is 2.21. The second-order valence-electron chi connectivity index (χ2n) is 5.95. The molecule has 0 saturated carbocycles. The highest BCUT2D eigenvalue weighted by Crippen LogP contribution is 2.33. The molecule has 3 heterocycles. The number of hydrogen-bond acceptors (Lipinski definition) is 4. The molecular weight excluding hydrogens is 348 g/mol. The van der Waals surface area contributed by atoms with Gasteiger partial charge in [0.05, 0.1) is 11.9 Å². The van der Waals surface area contributed by atoms with Crippen LogP contribution in [-0.2, 0) is 6.54 Å². The van der Waals surface area contributed by atoms with Crippen LogP contribution in [0.15, 0.2) is 67.0 Å². The Labute approximate surface area is 153 Å². The number of nitrogens with zero attached hydrogens (tertiary/aromatic N) is 6. The fourth-order valence-electron chi connectivity index (χ4n) is 3.16. The molecule has 6 nitrogen and oxygen atoms in total. The second-order valence-corrected chi connectivity index (χ2v) is 6.30. The van der Waals surface area contributed by atoms with Gasteiger partial charge in [-0.1, -0.05) is 72.3 Å². The van der Waals surface area contributed by atoms with Crippen LogP contribution in [0.25, 0.3) is 27.8 Å². The van der Waals surface area contributed by atoms with E-state index in [4.69, 9.17) is 16.7 Å². The van der Waals surface area contributed by atoms with Gasteiger partial charge >= 0.3 is 0 Å². The number of hydrogen-bond donors (Lipinski definition) is 0. The maximum atomic E-state index is 6.50. The van der Waals surface area contributed by atoms with Crippen LogP contribution < -0.4 is 0 Å². The third-order valence-electron chi connectivity index (χ3n) is 4.31. The zero-order valence-corrected chi connectivity index (χ0v) is 14.4. The van der Waals surface area contributed by atoms with Gasteiger partial charge in [0.15, 0.2) is 10.8 Å². The van der Waals surface area contributed by atoms with Crippen molar-refractivity contribution in [3.05, 3.63) is 77.7 Å². The van der Waals surface area contributed by atoms with Crippen LogP contribution >= 0.6 is 11.6 Å². The Balaban J connectivity index is 1.83. The van der Waals surface area contributed by atoms with Gasteiger partial charge in [-0.05, 0) is 5.56 Å². The summed E-state index contributed by atoms with van der Waals surface area (Å²) in [4.78, 5) is 4.37. The van der Waals surface area contributed by atoms with Crippen LogP contribution in [0.4, 0.5) is 0 Å². The first-order valence-electron chi connectivity index (χ1n) is 8.16. The van der Waals surface area contributed by atoms with Crippen molar-refractivity contribution in [3.63, 3.8) is 0 Å². The van der Waals surface area contributed by atoms with E-state index >= 15 is 0 Å². The van der Waals surface area contributed by atoms with Crippen LogP contribution in [0, 0.1) is 0 Å². The van der Waals surface area contributed by atoms with E-state index in [2.05, 4.69) is 27.3 Å². The van der Waals surface area contributed by atoms with E-state index in [-0.39, 0.29) is 0 Å². The topological polar surface area (TPSA) is 60.9 Å². The Morgan fingerprint density at radius 3 is 2.38 bits per heavy atom. The van der Waals surface area contributed by atoms with E-state index < -0.39 is 0 Å². The molecule has 0 radical (unpaired) electrons. The highest BCUT2D eigenvalue weighted by atomic mass is 35.5. The van der Waals surface area contributed by atoms with Crippen molar-refractivity contribution in [1.29, 1.82) is 0 Å². The minimum Gasteiger partial charge on any atom is -0.256 e. The van der Waals surface area contributed by atoms with Gasteiger partial charge in [-0.2, -0.15) is 5.10 Å². The zero-order valence-electron chi connectivity index (χ0n) is 13.6. The Morgan fingerprint density at radius 1 is 0.885 bits per heavy atom. The summed E-state index contributed by atoms with van der Waals surface area (Å²) >= 11 is 6.50. The van der Waals surface area contributed by atoms with Crippen molar-refractivity contribution in [2.24, 2.45) is 0 Å². The molecule has 0 unspecified atom stereocenters. The van der Waals surface area contributed by atoms with Gasteiger partial charge < -0.3 is 0 Å². The molecule has 0 aliphatic heterocycles. The molecule has 2 aromatic carbocycles. The van der Waals surface area contributed by atoms with Gasteiger partial charge in [-0.3, -0.25) is 4.68 Å². The first kappa shape index (κ1) is 15.0. The fourth-order valence-corrected chi connectivity index (χ4v) is 3.42. The highest BCUT2D eigenvalue weighted by molar-refractivity contribution is 6.34.